The molecule has 11 heteroatoms. The van der Waals surface area contributed by atoms with Crippen LogP contribution in [0.5, 0.6) is 5.75 Å². The molecule has 1 atom stereocenters. The van der Waals surface area contributed by atoms with Gasteiger partial charge >= 0.3 is 7.60 Å². The van der Waals surface area contributed by atoms with Gasteiger partial charge in [-0.3, -0.25) is 4.57 Å². The summed E-state index contributed by atoms with van der Waals surface area (Å²) in [7, 11) is -1.99. The minimum Gasteiger partial charge on any atom is -0.497 e. The van der Waals surface area contributed by atoms with Gasteiger partial charge in [0.05, 0.1) is 25.3 Å². The predicted octanol–water partition coefficient (Wildman–Crippen LogP) is 6.90. The lowest BCUT2D eigenvalue weighted by atomic mass is 10.2. The van der Waals surface area contributed by atoms with E-state index in [4.69, 9.17) is 37.0 Å². The smallest absolute Gasteiger partial charge is 0.357 e. The Morgan fingerprint density at radius 1 is 1.06 bits per heavy atom. The predicted molar refractivity (Wildman–Crippen MR) is 126 cm³/mol. The second-order valence-electron chi connectivity index (χ2n) is 6.23. The first-order valence-electron chi connectivity index (χ1n) is 9.48. The molecule has 1 heterocycles. The van der Waals surface area contributed by atoms with Crippen LogP contribution in [0.15, 0.2) is 42.5 Å². The summed E-state index contributed by atoms with van der Waals surface area (Å²) < 4.78 is 30.0. The Balaban J connectivity index is 1.96. The molecule has 0 radical (unpaired) electrons. The average Bonchev–Trinajstić information content (AvgIpc) is 3.21. The van der Waals surface area contributed by atoms with Crippen LogP contribution in [0, 0.1) is 0 Å². The SMILES string of the molecule is CCOP(=O)(OCC)C(Nc1nnc(-c2ccc(Cl)cc2Cl)s1)c1ccc(OC)cc1. The van der Waals surface area contributed by atoms with Crippen molar-refractivity contribution in [3.8, 4) is 16.3 Å². The van der Waals surface area contributed by atoms with E-state index in [1.165, 1.54) is 11.3 Å². The van der Waals surface area contributed by atoms with Crippen LogP contribution in [-0.4, -0.2) is 30.5 Å². The third kappa shape index (κ3) is 5.77. The van der Waals surface area contributed by atoms with E-state index in [9.17, 15) is 4.57 Å². The van der Waals surface area contributed by atoms with Crippen LogP contribution in [0.25, 0.3) is 10.6 Å². The molecule has 0 aliphatic carbocycles. The Morgan fingerprint density at radius 3 is 2.32 bits per heavy atom. The topological polar surface area (TPSA) is 82.6 Å². The molecule has 0 fully saturated rings. The fraction of sp³-hybridized carbons (Fsp3) is 0.300. The summed E-state index contributed by atoms with van der Waals surface area (Å²) >= 11 is 13.5. The van der Waals surface area contributed by atoms with E-state index < -0.39 is 13.4 Å². The summed E-state index contributed by atoms with van der Waals surface area (Å²) in [5, 5.41) is 13.6. The van der Waals surface area contributed by atoms with Crippen LogP contribution in [0.1, 0.15) is 25.2 Å². The minimum atomic E-state index is -3.58. The molecule has 1 aromatic heterocycles. The second kappa shape index (κ2) is 10.8. The standard InChI is InChI=1S/C20H22Cl2N3O4PS/c1-4-28-30(26,29-5-2)18(13-6-9-15(27-3)10-7-13)23-20-25-24-19(31-20)16-11-8-14(21)12-17(16)22/h6-12,18H,4-5H2,1-3H3,(H,23,25). The van der Waals surface area contributed by atoms with Crippen molar-refractivity contribution in [3.05, 3.63) is 58.1 Å². The number of aromatic nitrogens is 2. The summed E-state index contributed by atoms with van der Waals surface area (Å²) in [6.45, 7) is 3.99. The molecule has 0 amide bonds. The van der Waals surface area contributed by atoms with Gasteiger partial charge in [-0.2, -0.15) is 0 Å². The fourth-order valence-electron chi connectivity index (χ4n) is 2.85. The molecule has 0 aliphatic rings. The van der Waals surface area contributed by atoms with Crippen molar-refractivity contribution in [1.29, 1.82) is 0 Å². The number of hydrogen-bond acceptors (Lipinski definition) is 8. The number of hydrogen-bond donors (Lipinski definition) is 1. The monoisotopic (exact) mass is 501 g/mol. The van der Waals surface area contributed by atoms with Crippen LogP contribution in [0.4, 0.5) is 5.13 Å². The molecule has 3 aromatic rings. The Kier molecular flexibility index (Phi) is 8.33. The number of rotatable bonds is 10. The summed E-state index contributed by atoms with van der Waals surface area (Å²) in [5.41, 5.74) is 1.41. The molecular formula is C20H22Cl2N3O4PS. The van der Waals surface area contributed by atoms with Crippen molar-refractivity contribution in [3.63, 3.8) is 0 Å². The van der Waals surface area contributed by atoms with E-state index in [0.717, 1.165) is 0 Å². The highest BCUT2D eigenvalue weighted by Crippen LogP contribution is 2.61. The van der Waals surface area contributed by atoms with Gasteiger partial charge in [0.25, 0.3) is 0 Å². The normalized spacial score (nSPS) is 12.5. The van der Waals surface area contributed by atoms with Gasteiger partial charge < -0.3 is 19.1 Å². The number of ether oxygens (including phenoxy) is 1. The number of methoxy groups -OCH3 is 1. The lowest BCUT2D eigenvalue weighted by molar-refractivity contribution is 0.214. The molecule has 7 nitrogen and oxygen atoms in total. The van der Waals surface area contributed by atoms with Gasteiger partial charge in [-0.05, 0) is 49.7 Å². The maximum absolute atomic E-state index is 13.6. The van der Waals surface area contributed by atoms with Crippen molar-refractivity contribution in [2.24, 2.45) is 0 Å². The number of halogens is 2. The highest BCUT2D eigenvalue weighted by atomic mass is 35.5. The van der Waals surface area contributed by atoms with Crippen LogP contribution in [-0.2, 0) is 13.6 Å². The van der Waals surface area contributed by atoms with E-state index in [-0.39, 0.29) is 13.2 Å². The average molecular weight is 502 g/mol. The number of nitrogens with zero attached hydrogens (tertiary/aromatic N) is 2. The fourth-order valence-corrected chi connectivity index (χ4v) is 6.21. The van der Waals surface area contributed by atoms with Gasteiger partial charge in [-0.15, -0.1) is 10.2 Å². The molecule has 1 unspecified atom stereocenters. The first kappa shape index (κ1) is 24.0. The molecule has 1 N–H and O–H groups in total. The Labute approximate surface area is 195 Å². The molecule has 0 saturated heterocycles. The van der Waals surface area contributed by atoms with Gasteiger partial charge in [0.15, 0.2) is 10.8 Å². The van der Waals surface area contributed by atoms with Gasteiger partial charge in [0.2, 0.25) is 5.13 Å². The zero-order valence-electron chi connectivity index (χ0n) is 17.2. The first-order valence-corrected chi connectivity index (χ1v) is 12.7. The van der Waals surface area contributed by atoms with Crippen LogP contribution in [0.3, 0.4) is 0 Å². The van der Waals surface area contributed by atoms with Gasteiger partial charge in [-0.1, -0.05) is 46.7 Å². The third-order valence-corrected chi connectivity index (χ3v) is 7.94. The molecular weight excluding hydrogens is 480 g/mol. The van der Waals surface area contributed by atoms with E-state index >= 15 is 0 Å². The lowest BCUT2D eigenvalue weighted by Gasteiger charge is -2.27. The van der Waals surface area contributed by atoms with Crippen molar-refractivity contribution in [2.75, 3.05) is 25.6 Å². The highest BCUT2D eigenvalue weighted by molar-refractivity contribution is 7.54. The summed E-state index contributed by atoms with van der Waals surface area (Å²) in [6, 6.07) is 12.3. The first-order chi connectivity index (χ1) is 14.9. The van der Waals surface area contributed by atoms with Crippen LogP contribution >= 0.6 is 42.1 Å². The number of benzene rings is 2. The summed E-state index contributed by atoms with van der Waals surface area (Å²) in [4.78, 5) is 0. The molecule has 3 rings (SSSR count). The Hall–Kier alpha value is -1.67. The summed E-state index contributed by atoms with van der Waals surface area (Å²) in [5.74, 6) is -0.111. The zero-order chi connectivity index (χ0) is 22.4. The molecule has 0 saturated carbocycles. The van der Waals surface area contributed by atoms with Crippen molar-refractivity contribution in [2.45, 2.75) is 19.6 Å². The van der Waals surface area contributed by atoms with Crippen molar-refractivity contribution >= 4 is 47.3 Å². The van der Waals surface area contributed by atoms with E-state index in [1.54, 1.807) is 63.4 Å². The van der Waals surface area contributed by atoms with Crippen LogP contribution in [0.2, 0.25) is 10.0 Å². The molecule has 2 aromatic carbocycles. The molecule has 166 valence electrons. The van der Waals surface area contributed by atoms with E-state index in [0.29, 0.717) is 37.1 Å². The van der Waals surface area contributed by atoms with E-state index in [2.05, 4.69) is 15.5 Å². The number of nitrogens with one attached hydrogen (secondary N) is 1. The third-order valence-electron chi connectivity index (χ3n) is 4.21. The van der Waals surface area contributed by atoms with Crippen molar-refractivity contribution < 1.29 is 18.3 Å². The minimum absolute atomic E-state index is 0.230. The van der Waals surface area contributed by atoms with E-state index in [1.807, 2.05) is 0 Å². The Bertz CT molecular complexity index is 1050. The molecule has 0 aliphatic heterocycles. The number of anilines is 1. The maximum atomic E-state index is 13.6. The maximum Gasteiger partial charge on any atom is 0.357 e. The van der Waals surface area contributed by atoms with Gasteiger partial charge in [0, 0.05) is 10.6 Å². The molecule has 0 bridgehead atoms. The van der Waals surface area contributed by atoms with Gasteiger partial charge in [0.1, 0.15) is 5.75 Å². The lowest BCUT2D eigenvalue weighted by Crippen LogP contribution is -2.15. The quantitative estimate of drug-likeness (QED) is 0.302. The highest BCUT2D eigenvalue weighted by Gasteiger charge is 2.38. The molecule has 31 heavy (non-hydrogen) atoms. The molecule has 0 spiro atoms. The van der Waals surface area contributed by atoms with Crippen LogP contribution < -0.4 is 10.1 Å². The second-order valence-corrected chi connectivity index (χ2v) is 10.2. The Morgan fingerprint density at radius 2 is 1.74 bits per heavy atom. The van der Waals surface area contributed by atoms with Crippen molar-refractivity contribution in [1.82, 2.24) is 10.2 Å². The zero-order valence-corrected chi connectivity index (χ0v) is 20.4. The largest absolute Gasteiger partial charge is 0.497 e. The summed E-state index contributed by atoms with van der Waals surface area (Å²) in [6.07, 6.45) is 0. The van der Waals surface area contributed by atoms with Gasteiger partial charge in [-0.25, -0.2) is 0 Å².